The Morgan fingerprint density at radius 3 is 2.52 bits per heavy atom. The van der Waals surface area contributed by atoms with Crippen LogP contribution >= 0.6 is 0 Å². The zero-order chi connectivity index (χ0) is 19.0. The standard InChI is InChI=1S/C20H21N3O4/c1-27-16-9-7-15(8-10-16)20-13-17(14-5-3-2-4-6-14)18(23(25)26)19(24)22(20)12-11-21-20/h2-10,17-18,21H,11-13H2,1H3/t17-,18-,20-/m1/s1. The molecule has 2 fully saturated rings. The van der Waals surface area contributed by atoms with Crippen LogP contribution in [-0.2, 0) is 10.5 Å². The number of nitrogens with zero attached hydrogens (tertiary/aromatic N) is 2. The van der Waals surface area contributed by atoms with E-state index in [9.17, 15) is 14.9 Å². The number of nitrogens with one attached hydrogen (secondary N) is 1. The quantitative estimate of drug-likeness (QED) is 0.661. The molecular weight excluding hydrogens is 346 g/mol. The van der Waals surface area contributed by atoms with E-state index in [4.69, 9.17) is 4.74 Å². The summed E-state index contributed by atoms with van der Waals surface area (Å²) in [6, 6.07) is 15.6. The van der Waals surface area contributed by atoms with Gasteiger partial charge in [-0.25, -0.2) is 0 Å². The average Bonchev–Trinajstić information content (AvgIpc) is 3.14. The van der Waals surface area contributed by atoms with Crippen LogP contribution in [-0.4, -0.2) is 42.0 Å². The van der Waals surface area contributed by atoms with Gasteiger partial charge in [0.15, 0.2) is 0 Å². The van der Waals surface area contributed by atoms with E-state index in [1.54, 1.807) is 12.0 Å². The molecule has 0 unspecified atom stereocenters. The summed E-state index contributed by atoms with van der Waals surface area (Å²) in [6.45, 7) is 1.06. The summed E-state index contributed by atoms with van der Waals surface area (Å²) in [5.74, 6) is -0.205. The number of benzene rings is 2. The molecule has 27 heavy (non-hydrogen) atoms. The third-order valence-electron chi connectivity index (χ3n) is 5.65. The Hall–Kier alpha value is -2.93. The van der Waals surface area contributed by atoms with Crippen molar-refractivity contribution < 1.29 is 14.5 Å². The first-order valence-electron chi connectivity index (χ1n) is 8.96. The number of hydrogen-bond acceptors (Lipinski definition) is 5. The number of rotatable bonds is 4. The molecule has 3 atom stereocenters. The predicted molar refractivity (Wildman–Crippen MR) is 99.0 cm³/mol. The van der Waals surface area contributed by atoms with Gasteiger partial charge in [0.1, 0.15) is 11.4 Å². The second kappa shape index (κ2) is 6.66. The Balaban J connectivity index is 1.81. The van der Waals surface area contributed by atoms with Crippen LogP contribution in [0.3, 0.4) is 0 Å². The molecule has 0 aromatic heterocycles. The van der Waals surface area contributed by atoms with Crippen molar-refractivity contribution in [3.05, 3.63) is 75.8 Å². The lowest BCUT2D eigenvalue weighted by Gasteiger charge is -2.46. The van der Waals surface area contributed by atoms with E-state index < -0.39 is 28.5 Å². The predicted octanol–water partition coefficient (Wildman–Crippen LogP) is 2.11. The largest absolute Gasteiger partial charge is 0.497 e. The molecule has 140 valence electrons. The van der Waals surface area contributed by atoms with Crippen molar-refractivity contribution in [2.24, 2.45) is 0 Å². The van der Waals surface area contributed by atoms with Crippen molar-refractivity contribution >= 4 is 5.91 Å². The Morgan fingerprint density at radius 2 is 1.89 bits per heavy atom. The molecule has 4 rings (SSSR count). The van der Waals surface area contributed by atoms with Crippen LogP contribution in [0, 0.1) is 10.1 Å². The SMILES string of the molecule is COc1ccc([C@@]23C[C@H](c4ccccc4)[C@@H]([N+](=O)[O-])C(=O)N2CCN3)cc1. The van der Waals surface area contributed by atoms with E-state index in [1.807, 2.05) is 54.6 Å². The minimum Gasteiger partial charge on any atom is -0.497 e. The fourth-order valence-corrected chi connectivity index (χ4v) is 4.38. The third-order valence-corrected chi connectivity index (χ3v) is 5.65. The summed E-state index contributed by atoms with van der Waals surface area (Å²) in [7, 11) is 1.60. The second-order valence-electron chi connectivity index (χ2n) is 6.96. The molecule has 0 radical (unpaired) electrons. The van der Waals surface area contributed by atoms with Crippen LogP contribution in [0.1, 0.15) is 23.5 Å². The molecule has 7 heteroatoms. The van der Waals surface area contributed by atoms with E-state index >= 15 is 0 Å². The van der Waals surface area contributed by atoms with Gasteiger partial charge in [0.05, 0.1) is 13.0 Å². The van der Waals surface area contributed by atoms with E-state index in [1.165, 1.54) is 0 Å². The number of ether oxygens (including phenoxy) is 1. The minimum atomic E-state index is -1.27. The summed E-state index contributed by atoms with van der Waals surface area (Å²) < 4.78 is 5.24. The first kappa shape index (κ1) is 17.5. The average molecular weight is 367 g/mol. The molecular formula is C20H21N3O4. The lowest BCUT2D eigenvalue weighted by Crippen LogP contribution is -2.62. The maximum Gasteiger partial charge on any atom is 0.299 e. The van der Waals surface area contributed by atoms with Gasteiger partial charge >= 0.3 is 0 Å². The summed E-state index contributed by atoms with van der Waals surface area (Å²) in [6.07, 6.45) is 0.445. The highest BCUT2D eigenvalue weighted by Gasteiger charge is 2.58. The summed E-state index contributed by atoms with van der Waals surface area (Å²) >= 11 is 0. The van der Waals surface area contributed by atoms with Crippen molar-refractivity contribution in [3.8, 4) is 5.75 Å². The van der Waals surface area contributed by atoms with E-state index in [0.29, 0.717) is 19.5 Å². The summed E-state index contributed by atoms with van der Waals surface area (Å²) in [4.78, 5) is 26.1. The molecule has 0 aliphatic carbocycles. The number of hydrogen-bond donors (Lipinski definition) is 1. The molecule has 2 aliphatic heterocycles. The zero-order valence-corrected chi connectivity index (χ0v) is 15.0. The Kier molecular flexibility index (Phi) is 4.31. The van der Waals surface area contributed by atoms with E-state index in [-0.39, 0.29) is 0 Å². The number of fused-ring (bicyclic) bond motifs is 1. The lowest BCUT2D eigenvalue weighted by molar-refractivity contribution is -0.516. The zero-order valence-electron chi connectivity index (χ0n) is 15.0. The van der Waals surface area contributed by atoms with Crippen molar-refractivity contribution in [1.82, 2.24) is 10.2 Å². The number of carbonyl (C=O) groups excluding carboxylic acids is 1. The smallest absolute Gasteiger partial charge is 0.299 e. The molecule has 0 spiro atoms. The van der Waals surface area contributed by atoms with Crippen LogP contribution in [0.5, 0.6) is 5.75 Å². The number of carbonyl (C=O) groups is 1. The van der Waals surface area contributed by atoms with Crippen molar-refractivity contribution in [2.45, 2.75) is 24.0 Å². The van der Waals surface area contributed by atoms with Gasteiger partial charge in [-0.3, -0.25) is 20.2 Å². The van der Waals surface area contributed by atoms with Gasteiger partial charge in [-0.05, 0) is 23.3 Å². The third kappa shape index (κ3) is 2.75. The monoisotopic (exact) mass is 367 g/mol. The molecule has 0 saturated carbocycles. The van der Waals surface area contributed by atoms with Gasteiger partial charge in [0, 0.05) is 24.4 Å². The van der Waals surface area contributed by atoms with Crippen molar-refractivity contribution in [2.75, 3.05) is 20.2 Å². The Morgan fingerprint density at radius 1 is 1.19 bits per heavy atom. The molecule has 2 aromatic rings. The molecule has 2 aromatic carbocycles. The second-order valence-corrected chi connectivity index (χ2v) is 6.96. The highest BCUT2D eigenvalue weighted by Crippen LogP contribution is 2.45. The molecule has 2 saturated heterocycles. The van der Waals surface area contributed by atoms with Crippen LogP contribution in [0.15, 0.2) is 54.6 Å². The molecule has 7 nitrogen and oxygen atoms in total. The minimum absolute atomic E-state index is 0.430. The molecule has 1 N–H and O–H groups in total. The molecule has 2 aliphatic rings. The summed E-state index contributed by atoms with van der Waals surface area (Å²) in [5, 5.41) is 15.2. The van der Waals surface area contributed by atoms with Crippen LogP contribution in [0.25, 0.3) is 0 Å². The maximum absolute atomic E-state index is 13.2. The van der Waals surface area contributed by atoms with E-state index in [0.717, 1.165) is 16.9 Å². The van der Waals surface area contributed by atoms with Gasteiger partial charge < -0.3 is 9.64 Å². The number of piperidine rings is 1. The maximum atomic E-state index is 13.2. The van der Waals surface area contributed by atoms with Gasteiger partial charge in [0.25, 0.3) is 11.9 Å². The highest BCUT2D eigenvalue weighted by molar-refractivity contribution is 5.84. The van der Waals surface area contributed by atoms with Gasteiger partial charge in [-0.15, -0.1) is 0 Å². The number of nitro groups is 1. The summed E-state index contributed by atoms with van der Waals surface area (Å²) in [5.41, 5.74) is 0.988. The van der Waals surface area contributed by atoms with Crippen LogP contribution in [0.2, 0.25) is 0 Å². The number of amides is 1. The molecule has 2 heterocycles. The first-order valence-corrected chi connectivity index (χ1v) is 8.96. The van der Waals surface area contributed by atoms with Gasteiger partial charge in [-0.1, -0.05) is 42.5 Å². The Bertz CT molecular complexity index is 855. The van der Waals surface area contributed by atoms with Crippen molar-refractivity contribution in [3.63, 3.8) is 0 Å². The topological polar surface area (TPSA) is 84.7 Å². The molecule has 0 bridgehead atoms. The van der Waals surface area contributed by atoms with Crippen LogP contribution in [0.4, 0.5) is 0 Å². The van der Waals surface area contributed by atoms with E-state index in [2.05, 4.69) is 5.32 Å². The van der Waals surface area contributed by atoms with Gasteiger partial charge in [0.2, 0.25) is 0 Å². The van der Waals surface area contributed by atoms with Crippen molar-refractivity contribution in [1.29, 1.82) is 0 Å². The lowest BCUT2D eigenvalue weighted by atomic mass is 9.76. The Labute approximate surface area is 157 Å². The highest BCUT2D eigenvalue weighted by atomic mass is 16.6. The normalized spacial score (nSPS) is 27.3. The van der Waals surface area contributed by atoms with Gasteiger partial charge in [-0.2, -0.15) is 0 Å². The fourth-order valence-electron chi connectivity index (χ4n) is 4.38. The molecule has 1 amide bonds. The number of methoxy groups -OCH3 is 1. The first-order chi connectivity index (χ1) is 13.1. The fraction of sp³-hybridized carbons (Fsp3) is 0.350. The van der Waals surface area contributed by atoms with Crippen LogP contribution < -0.4 is 10.1 Å².